The van der Waals surface area contributed by atoms with Crippen LogP contribution in [0.4, 0.5) is 0 Å². The van der Waals surface area contributed by atoms with Crippen LogP contribution in [0, 0.1) is 11.3 Å². The predicted molar refractivity (Wildman–Crippen MR) is 48.1 cm³/mol. The summed E-state index contributed by atoms with van der Waals surface area (Å²) in [5, 5.41) is 25.4. The lowest BCUT2D eigenvalue weighted by molar-refractivity contribution is 0.271. The standard InChI is InChI=1S/C9H12N4O/c10-4-5-13-9(7-2-1-3-7)8(6-14)11-12-13/h7,14H,1-3,5-6H2. The fraction of sp³-hybridized carbons (Fsp3) is 0.667. The van der Waals surface area contributed by atoms with Gasteiger partial charge in [-0.1, -0.05) is 11.6 Å². The van der Waals surface area contributed by atoms with Gasteiger partial charge in [0.1, 0.15) is 12.2 Å². The van der Waals surface area contributed by atoms with Crippen LogP contribution in [-0.4, -0.2) is 20.1 Å². The van der Waals surface area contributed by atoms with Gasteiger partial charge < -0.3 is 5.11 Å². The van der Waals surface area contributed by atoms with Crippen molar-refractivity contribution >= 4 is 0 Å². The lowest BCUT2D eigenvalue weighted by Crippen LogP contribution is -2.16. The monoisotopic (exact) mass is 192 g/mol. The number of nitrogens with zero attached hydrogens (tertiary/aromatic N) is 4. The fourth-order valence-corrected chi connectivity index (χ4v) is 1.78. The number of nitriles is 1. The zero-order chi connectivity index (χ0) is 9.97. The predicted octanol–water partition coefficient (Wildman–Crippen LogP) is 0.561. The Hall–Kier alpha value is -1.41. The van der Waals surface area contributed by atoms with E-state index in [9.17, 15) is 0 Å². The van der Waals surface area contributed by atoms with Crippen LogP contribution in [0.3, 0.4) is 0 Å². The maximum absolute atomic E-state index is 9.07. The second kappa shape index (κ2) is 3.76. The van der Waals surface area contributed by atoms with Crippen molar-refractivity contribution in [2.45, 2.75) is 38.3 Å². The third-order valence-electron chi connectivity index (χ3n) is 2.71. The zero-order valence-corrected chi connectivity index (χ0v) is 7.85. The Bertz CT molecular complexity index is 361. The van der Waals surface area contributed by atoms with Gasteiger partial charge in [0.25, 0.3) is 0 Å². The van der Waals surface area contributed by atoms with Crippen LogP contribution < -0.4 is 0 Å². The average molecular weight is 192 g/mol. The SMILES string of the molecule is N#CCn1nnc(CO)c1C1CCC1. The van der Waals surface area contributed by atoms with Crippen molar-refractivity contribution in [3.8, 4) is 6.07 Å². The Morgan fingerprint density at radius 2 is 2.36 bits per heavy atom. The largest absolute Gasteiger partial charge is 0.390 e. The lowest BCUT2D eigenvalue weighted by Gasteiger charge is -2.25. The Kier molecular flexibility index (Phi) is 2.46. The maximum atomic E-state index is 9.07. The third kappa shape index (κ3) is 1.38. The molecule has 0 amide bonds. The van der Waals surface area contributed by atoms with Gasteiger partial charge in [0.2, 0.25) is 0 Å². The summed E-state index contributed by atoms with van der Waals surface area (Å²) in [6.07, 6.45) is 3.45. The number of rotatable bonds is 3. The van der Waals surface area contributed by atoms with Crippen LogP contribution in [0.5, 0.6) is 0 Å². The molecule has 1 aliphatic carbocycles. The third-order valence-corrected chi connectivity index (χ3v) is 2.71. The van der Waals surface area contributed by atoms with Crippen LogP contribution >= 0.6 is 0 Å². The minimum absolute atomic E-state index is 0.0860. The molecule has 1 heterocycles. The molecule has 1 saturated carbocycles. The highest BCUT2D eigenvalue weighted by Gasteiger charge is 2.27. The van der Waals surface area contributed by atoms with E-state index in [1.165, 1.54) is 6.42 Å². The minimum atomic E-state index is -0.0860. The molecule has 5 nitrogen and oxygen atoms in total. The highest BCUT2D eigenvalue weighted by atomic mass is 16.3. The Morgan fingerprint density at radius 1 is 1.57 bits per heavy atom. The second-order valence-corrected chi connectivity index (χ2v) is 3.52. The minimum Gasteiger partial charge on any atom is -0.390 e. The van der Waals surface area contributed by atoms with Crippen molar-refractivity contribution in [1.82, 2.24) is 15.0 Å². The van der Waals surface area contributed by atoms with Gasteiger partial charge in [-0.25, -0.2) is 4.68 Å². The molecule has 74 valence electrons. The van der Waals surface area contributed by atoms with Gasteiger partial charge >= 0.3 is 0 Å². The van der Waals surface area contributed by atoms with Crippen LogP contribution in [0.15, 0.2) is 0 Å². The summed E-state index contributed by atoms with van der Waals surface area (Å²) in [5.74, 6) is 0.445. The summed E-state index contributed by atoms with van der Waals surface area (Å²) in [6, 6.07) is 2.04. The molecular weight excluding hydrogens is 180 g/mol. The van der Waals surface area contributed by atoms with Gasteiger partial charge in [0, 0.05) is 5.92 Å². The van der Waals surface area contributed by atoms with Crippen LogP contribution in [0.25, 0.3) is 0 Å². The molecule has 1 fully saturated rings. The van der Waals surface area contributed by atoms with Gasteiger partial charge in [-0.05, 0) is 12.8 Å². The Labute approximate surface area is 82.0 Å². The lowest BCUT2D eigenvalue weighted by atomic mass is 9.82. The molecule has 1 aromatic heterocycles. The molecule has 5 heteroatoms. The molecule has 1 aromatic rings. The van der Waals surface area contributed by atoms with E-state index in [0.717, 1.165) is 18.5 Å². The van der Waals surface area contributed by atoms with Crippen LogP contribution in [0.2, 0.25) is 0 Å². The molecule has 1 N–H and O–H groups in total. The molecule has 2 rings (SSSR count). The van der Waals surface area contributed by atoms with Gasteiger partial charge in [-0.15, -0.1) is 5.10 Å². The van der Waals surface area contributed by atoms with Crippen molar-refractivity contribution in [2.75, 3.05) is 0 Å². The molecule has 14 heavy (non-hydrogen) atoms. The first-order valence-electron chi connectivity index (χ1n) is 4.77. The summed E-state index contributed by atoms with van der Waals surface area (Å²) in [7, 11) is 0. The number of aliphatic hydroxyl groups is 1. The first-order valence-corrected chi connectivity index (χ1v) is 4.77. The smallest absolute Gasteiger partial charge is 0.130 e. The molecule has 0 radical (unpaired) electrons. The molecule has 0 atom stereocenters. The van der Waals surface area contributed by atoms with Crippen LogP contribution in [0.1, 0.15) is 36.6 Å². The second-order valence-electron chi connectivity index (χ2n) is 3.52. The molecule has 0 bridgehead atoms. The van der Waals surface area contributed by atoms with Gasteiger partial charge in [0.05, 0.1) is 18.4 Å². The molecule has 0 aromatic carbocycles. The quantitative estimate of drug-likeness (QED) is 0.759. The van der Waals surface area contributed by atoms with E-state index in [-0.39, 0.29) is 13.2 Å². The number of hydrogen-bond donors (Lipinski definition) is 1. The van der Waals surface area contributed by atoms with Crippen molar-refractivity contribution in [3.05, 3.63) is 11.4 Å². The van der Waals surface area contributed by atoms with E-state index in [2.05, 4.69) is 10.3 Å². The highest BCUT2D eigenvalue weighted by molar-refractivity contribution is 5.17. The van der Waals surface area contributed by atoms with E-state index < -0.39 is 0 Å². The van der Waals surface area contributed by atoms with E-state index in [0.29, 0.717) is 11.6 Å². The van der Waals surface area contributed by atoms with E-state index in [4.69, 9.17) is 10.4 Å². The average Bonchev–Trinajstić information content (AvgIpc) is 2.47. The molecule has 0 unspecified atom stereocenters. The fourth-order valence-electron chi connectivity index (χ4n) is 1.78. The molecular formula is C9H12N4O. The van der Waals surface area contributed by atoms with Crippen molar-refractivity contribution in [2.24, 2.45) is 0 Å². The van der Waals surface area contributed by atoms with E-state index >= 15 is 0 Å². The van der Waals surface area contributed by atoms with Gasteiger partial charge in [0.15, 0.2) is 0 Å². The Morgan fingerprint density at radius 3 is 2.86 bits per heavy atom. The van der Waals surface area contributed by atoms with E-state index in [1.807, 2.05) is 6.07 Å². The van der Waals surface area contributed by atoms with Crippen molar-refractivity contribution in [1.29, 1.82) is 5.26 Å². The number of aromatic nitrogens is 3. The number of hydrogen-bond acceptors (Lipinski definition) is 4. The summed E-state index contributed by atoms with van der Waals surface area (Å²) >= 11 is 0. The highest BCUT2D eigenvalue weighted by Crippen LogP contribution is 2.37. The van der Waals surface area contributed by atoms with Crippen molar-refractivity contribution < 1.29 is 5.11 Å². The number of aliphatic hydroxyl groups excluding tert-OH is 1. The van der Waals surface area contributed by atoms with Gasteiger partial charge in [-0.3, -0.25) is 0 Å². The summed E-state index contributed by atoms with van der Waals surface area (Å²) in [4.78, 5) is 0. The van der Waals surface area contributed by atoms with Crippen LogP contribution in [-0.2, 0) is 13.2 Å². The zero-order valence-electron chi connectivity index (χ0n) is 7.85. The molecule has 0 aliphatic heterocycles. The first kappa shape index (κ1) is 9.16. The van der Waals surface area contributed by atoms with Crippen molar-refractivity contribution in [3.63, 3.8) is 0 Å². The summed E-state index contributed by atoms with van der Waals surface area (Å²) in [5.41, 5.74) is 1.59. The topological polar surface area (TPSA) is 74.7 Å². The molecule has 0 saturated heterocycles. The molecule has 1 aliphatic rings. The first-order chi connectivity index (χ1) is 6.86. The Balaban J connectivity index is 2.31. The summed E-state index contributed by atoms with van der Waals surface area (Å²) in [6.45, 7) is 0.135. The van der Waals surface area contributed by atoms with Gasteiger partial charge in [-0.2, -0.15) is 5.26 Å². The molecule has 0 spiro atoms. The maximum Gasteiger partial charge on any atom is 0.130 e. The normalized spacial score (nSPS) is 16.3. The summed E-state index contributed by atoms with van der Waals surface area (Å²) < 4.78 is 1.61. The van der Waals surface area contributed by atoms with E-state index in [1.54, 1.807) is 4.68 Å².